The van der Waals surface area contributed by atoms with Crippen molar-refractivity contribution in [3.8, 4) is 11.3 Å². The highest BCUT2D eigenvalue weighted by atomic mass is 35.5. The number of carbonyl (C=O) groups is 1. The predicted molar refractivity (Wildman–Crippen MR) is 143 cm³/mol. The van der Waals surface area contributed by atoms with E-state index in [-0.39, 0.29) is 22.8 Å². The van der Waals surface area contributed by atoms with Crippen LogP contribution in [0.25, 0.3) is 11.3 Å². The number of hydrogen-bond donors (Lipinski definition) is 1. The molecule has 0 aliphatic heterocycles. The van der Waals surface area contributed by atoms with E-state index in [1.165, 1.54) is 47.2 Å². The third-order valence-electron chi connectivity index (χ3n) is 9.59. The van der Waals surface area contributed by atoms with Crippen LogP contribution in [0, 0.1) is 30.6 Å². The molecule has 0 spiro atoms. The van der Waals surface area contributed by atoms with Crippen LogP contribution in [0.1, 0.15) is 78.2 Å². The maximum atomic E-state index is 13.9. The van der Waals surface area contributed by atoms with Gasteiger partial charge in [-0.15, -0.1) is 0 Å². The summed E-state index contributed by atoms with van der Waals surface area (Å²) in [6.07, 6.45) is 6.57. The lowest BCUT2D eigenvalue weighted by Crippen LogP contribution is -2.52. The number of halogens is 1. The molecule has 3 aliphatic rings. The smallest absolute Gasteiger partial charge is 0.253 e. The average Bonchev–Trinajstić information content (AvgIpc) is 3.53. The molecule has 2 aromatic carbocycles. The molecule has 2 saturated carbocycles. The molecule has 1 N–H and O–H groups in total. The summed E-state index contributed by atoms with van der Waals surface area (Å²) >= 11 is 6.50. The first kappa shape index (κ1) is 22.9. The van der Waals surface area contributed by atoms with Gasteiger partial charge in [-0.05, 0) is 78.2 Å². The number of carbonyl (C=O) groups excluding carboxylic acids is 1. The Morgan fingerprint density at radius 1 is 1.09 bits per heavy atom. The van der Waals surface area contributed by atoms with Crippen LogP contribution in [0.3, 0.4) is 0 Å². The second-order valence-corrected chi connectivity index (χ2v) is 12.6. The average molecular weight is 487 g/mol. The van der Waals surface area contributed by atoms with Gasteiger partial charge in [-0.2, -0.15) is 0 Å². The highest BCUT2D eigenvalue weighted by Gasteiger charge is 2.59. The molecule has 3 aliphatic carbocycles. The van der Waals surface area contributed by atoms with Gasteiger partial charge in [-0.25, -0.2) is 0 Å². The monoisotopic (exact) mass is 486 g/mol. The number of hydrogen-bond acceptors (Lipinski definition) is 1. The van der Waals surface area contributed by atoms with Gasteiger partial charge in [0.15, 0.2) is 0 Å². The number of amides is 1. The lowest BCUT2D eigenvalue weighted by Gasteiger charge is -2.43. The predicted octanol–water partition coefficient (Wildman–Crippen LogP) is 7.32. The Hall–Kier alpha value is -2.52. The number of aromatic nitrogens is 1. The van der Waals surface area contributed by atoms with Gasteiger partial charge in [0.25, 0.3) is 5.91 Å². The number of rotatable bonds is 4. The maximum absolute atomic E-state index is 13.9. The molecular formula is C31H35ClN2O. The van der Waals surface area contributed by atoms with Crippen LogP contribution in [0.2, 0.25) is 5.02 Å². The molecule has 6 rings (SSSR count). The zero-order valence-electron chi connectivity index (χ0n) is 21.5. The van der Waals surface area contributed by atoms with E-state index in [0.29, 0.717) is 5.92 Å². The number of nitrogens with one attached hydrogen (secondary N) is 1. The van der Waals surface area contributed by atoms with Crippen LogP contribution in [0.15, 0.2) is 42.6 Å². The zero-order chi connectivity index (χ0) is 24.7. The standard InChI is InChI=1S/C31H35ClN2O/c1-18-6-8-20(9-7-18)16-34-17-25(24-14-23-19(2)26(32)11-10-22(23)27(24)34)28(35)33-29-30(3,4)21-12-13-31(29,5)15-21/h6-11,17,21,29H,12-16H2,1-5H3,(H,33,35)/t21?,29-,31+/m1/s1. The van der Waals surface area contributed by atoms with E-state index < -0.39 is 0 Å². The molecule has 1 unspecified atom stereocenters. The molecule has 3 atom stereocenters. The highest BCUT2D eigenvalue weighted by molar-refractivity contribution is 6.31. The molecule has 2 bridgehead atoms. The molecule has 4 heteroatoms. The second-order valence-electron chi connectivity index (χ2n) is 12.2. The lowest BCUT2D eigenvalue weighted by molar-refractivity contribution is 0.0737. The highest BCUT2D eigenvalue weighted by Crippen LogP contribution is 2.62. The van der Waals surface area contributed by atoms with Gasteiger partial charge in [-0.3, -0.25) is 4.79 Å². The van der Waals surface area contributed by atoms with Gasteiger partial charge < -0.3 is 9.88 Å². The summed E-state index contributed by atoms with van der Waals surface area (Å²) in [6.45, 7) is 12.0. The van der Waals surface area contributed by atoms with Crippen LogP contribution in [0.5, 0.6) is 0 Å². The van der Waals surface area contributed by atoms with E-state index in [1.807, 2.05) is 6.07 Å². The summed E-state index contributed by atoms with van der Waals surface area (Å²) < 4.78 is 2.28. The van der Waals surface area contributed by atoms with E-state index in [0.717, 1.165) is 34.7 Å². The van der Waals surface area contributed by atoms with Gasteiger partial charge in [0.2, 0.25) is 0 Å². The molecule has 3 nitrogen and oxygen atoms in total. The van der Waals surface area contributed by atoms with Crippen molar-refractivity contribution in [1.82, 2.24) is 9.88 Å². The van der Waals surface area contributed by atoms with Crippen molar-refractivity contribution >= 4 is 17.5 Å². The number of fused-ring (bicyclic) bond motifs is 5. The number of aryl methyl sites for hydroxylation is 1. The topological polar surface area (TPSA) is 34.0 Å². The zero-order valence-corrected chi connectivity index (χ0v) is 22.2. The normalized spacial score (nSPS) is 25.5. The van der Waals surface area contributed by atoms with Crippen LogP contribution in [-0.2, 0) is 13.0 Å². The molecule has 0 radical (unpaired) electrons. The van der Waals surface area contributed by atoms with Gasteiger partial charge in [0, 0.05) is 35.8 Å². The summed E-state index contributed by atoms with van der Waals surface area (Å²) in [5, 5.41) is 4.34. The van der Waals surface area contributed by atoms with Crippen LogP contribution in [-0.4, -0.2) is 16.5 Å². The van der Waals surface area contributed by atoms with Gasteiger partial charge >= 0.3 is 0 Å². The molecule has 1 aromatic heterocycles. The third kappa shape index (κ3) is 3.42. The van der Waals surface area contributed by atoms with E-state index in [9.17, 15) is 4.79 Å². The van der Waals surface area contributed by atoms with Crippen LogP contribution in [0.4, 0.5) is 0 Å². The Kier molecular flexibility index (Phi) is 5.07. The Balaban J connectivity index is 1.40. The van der Waals surface area contributed by atoms with Crippen molar-refractivity contribution in [1.29, 1.82) is 0 Å². The molecule has 1 heterocycles. The molecular weight excluding hydrogens is 452 g/mol. The third-order valence-corrected chi connectivity index (χ3v) is 10.00. The summed E-state index contributed by atoms with van der Waals surface area (Å²) in [5.41, 5.74) is 9.53. The Labute approximate surface area is 213 Å². The number of benzene rings is 2. The van der Waals surface area contributed by atoms with Gasteiger partial charge in [0.05, 0.1) is 11.3 Å². The van der Waals surface area contributed by atoms with Gasteiger partial charge in [0.1, 0.15) is 0 Å². The minimum absolute atomic E-state index is 0.0762. The fourth-order valence-electron chi connectivity index (χ4n) is 7.53. The molecule has 0 saturated heterocycles. The largest absolute Gasteiger partial charge is 0.348 e. The maximum Gasteiger partial charge on any atom is 0.253 e. The molecule has 182 valence electrons. The summed E-state index contributed by atoms with van der Waals surface area (Å²) in [4.78, 5) is 13.9. The van der Waals surface area contributed by atoms with E-state index in [1.54, 1.807) is 0 Å². The first-order chi connectivity index (χ1) is 16.6. The second kappa shape index (κ2) is 7.74. The Bertz CT molecular complexity index is 1340. The Morgan fingerprint density at radius 3 is 2.51 bits per heavy atom. The lowest BCUT2D eigenvalue weighted by atomic mass is 9.68. The van der Waals surface area contributed by atoms with Crippen molar-refractivity contribution in [2.45, 2.75) is 72.9 Å². The van der Waals surface area contributed by atoms with Gasteiger partial charge in [-0.1, -0.05) is 68.3 Å². The number of nitrogens with zero attached hydrogens (tertiary/aromatic N) is 1. The van der Waals surface area contributed by atoms with Crippen molar-refractivity contribution in [2.75, 3.05) is 0 Å². The van der Waals surface area contributed by atoms with Crippen molar-refractivity contribution in [3.05, 3.63) is 81.0 Å². The van der Waals surface area contributed by atoms with Crippen molar-refractivity contribution < 1.29 is 4.79 Å². The van der Waals surface area contributed by atoms with Crippen LogP contribution < -0.4 is 5.32 Å². The summed E-state index contributed by atoms with van der Waals surface area (Å²) in [7, 11) is 0. The van der Waals surface area contributed by atoms with E-state index in [2.05, 4.69) is 81.0 Å². The fraction of sp³-hybridized carbons (Fsp3) is 0.452. The molecule has 35 heavy (non-hydrogen) atoms. The summed E-state index contributed by atoms with van der Waals surface area (Å²) in [5.74, 6) is 0.774. The quantitative estimate of drug-likeness (QED) is 0.322. The minimum atomic E-state index is 0.0762. The fourth-order valence-corrected chi connectivity index (χ4v) is 7.71. The SMILES string of the molecule is Cc1ccc(Cn2cc(C(=O)N[C@@H]3C(C)(C)C4CC[C@@]3(C)C4)c3c2-c2ccc(Cl)c(C)c2C3)cc1. The summed E-state index contributed by atoms with van der Waals surface area (Å²) in [6, 6.07) is 13.0. The first-order valence-corrected chi connectivity index (χ1v) is 13.3. The Morgan fingerprint density at radius 2 is 1.83 bits per heavy atom. The minimum Gasteiger partial charge on any atom is -0.348 e. The van der Waals surface area contributed by atoms with E-state index in [4.69, 9.17) is 11.6 Å². The first-order valence-electron chi connectivity index (χ1n) is 13.0. The van der Waals surface area contributed by atoms with Crippen molar-refractivity contribution in [3.63, 3.8) is 0 Å². The molecule has 3 aromatic rings. The molecule has 1 amide bonds. The molecule has 2 fully saturated rings. The van der Waals surface area contributed by atoms with Crippen molar-refractivity contribution in [2.24, 2.45) is 16.7 Å². The van der Waals surface area contributed by atoms with Crippen LogP contribution >= 0.6 is 11.6 Å². The van der Waals surface area contributed by atoms with E-state index >= 15 is 0 Å².